The van der Waals surface area contributed by atoms with Crippen molar-refractivity contribution >= 4 is 5.97 Å². The van der Waals surface area contributed by atoms with Gasteiger partial charge >= 0.3 is 5.97 Å². The van der Waals surface area contributed by atoms with Crippen LogP contribution in [0.4, 0.5) is 17.6 Å². The van der Waals surface area contributed by atoms with Crippen molar-refractivity contribution in [2.24, 2.45) is 5.92 Å². The van der Waals surface area contributed by atoms with E-state index in [0.29, 0.717) is 17.7 Å². The Morgan fingerprint density at radius 2 is 1.13 bits per heavy atom. The number of esters is 1. The van der Waals surface area contributed by atoms with Gasteiger partial charge in [0.1, 0.15) is 5.92 Å². The molecule has 0 amide bonds. The van der Waals surface area contributed by atoms with Crippen molar-refractivity contribution in [1.82, 2.24) is 0 Å². The molecular weight excluding hydrogens is 612 g/mol. The van der Waals surface area contributed by atoms with Gasteiger partial charge in [0.25, 0.3) is 0 Å². The monoisotopic (exact) mass is 658 g/mol. The van der Waals surface area contributed by atoms with Gasteiger partial charge in [-0.3, -0.25) is 4.79 Å². The van der Waals surface area contributed by atoms with Crippen molar-refractivity contribution in [3.05, 3.63) is 71.8 Å². The van der Waals surface area contributed by atoms with E-state index < -0.39 is 40.9 Å². The maximum atomic E-state index is 15.1. The van der Waals surface area contributed by atoms with Crippen LogP contribution in [0.15, 0.2) is 48.5 Å². The lowest BCUT2D eigenvalue weighted by Crippen LogP contribution is -2.38. The lowest BCUT2D eigenvalue weighted by molar-refractivity contribution is -0.208. The van der Waals surface area contributed by atoms with Crippen LogP contribution in [0.3, 0.4) is 0 Å². The zero-order valence-electron chi connectivity index (χ0n) is 27.4. The molecule has 1 aliphatic rings. The van der Waals surface area contributed by atoms with Gasteiger partial charge < -0.3 is 18.9 Å². The Bertz CT molecular complexity index is 1420. The third kappa shape index (κ3) is 10.3. The normalized spacial score (nSPS) is 16.3. The number of halogens is 4. The van der Waals surface area contributed by atoms with Crippen LogP contribution in [0.5, 0.6) is 11.5 Å². The zero-order chi connectivity index (χ0) is 33.6. The Kier molecular flexibility index (Phi) is 14.6. The van der Waals surface area contributed by atoms with E-state index >= 15 is 8.78 Å². The first kappa shape index (κ1) is 36.4. The summed E-state index contributed by atoms with van der Waals surface area (Å²) in [5.74, 6) is -6.84. The maximum absolute atomic E-state index is 15.1. The minimum absolute atomic E-state index is 0.0188. The van der Waals surface area contributed by atoms with Crippen LogP contribution in [0.2, 0.25) is 0 Å². The van der Waals surface area contributed by atoms with Gasteiger partial charge in [0.2, 0.25) is 11.6 Å². The Balaban J connectivity index is 1.31. The lowest BCUT2D eigenvalue weighted by atomic mass is 9.99. The van der Waals surface area contributed by atoms with Crippen molar-refractivity contribution in [3.63, 3.8) is 0 Å². The fraction of sp³-hybridized carbons (Fsp3) is 0.500. The molecule has 0 atom stereocenters. The fourth-order valence-electron chi connectivity index (χ4n) is 5.55. The van der Waals surface area contributed by atoms with Crippen molar-refractivity contribution in [2.75, 3.05) is 19.8 Å². The summed E-state index contributed by atoms with van der Waals surface area (Å²) in [6.45, 7) is 4.74. The molecule has 1 fully saturated rings. The van der Waals surface area contributed by atoms with Gasteiger partial charge in [-0.15, -0.1) is 0 Å². The molecule has 0 spiro atoms. The summed E-state index contributed by atoms with van der Waals surface area (Å²) in [5, 5.41) is 0. The Labute approximate surface area is 275 Å². The second kappa shape index (κ2) is 18.8. The molecule has 1 saturated heterocycles. The summed E-state index contributed by atoms with van der Waals surface area (Å²) in [7, 11) is 0. The smallest absolute Gasteiger partial charge is 0.319 e. The number of benzene rings is 3. The van der Waals surface area contributed by atoms with Gasteiger partial charge in [0, 0.05) is 11.1 Å². The molecule has 1 aliphatic heterocycles. The Morgan fingerprint density at radius 3 is 1.70 bits per heavy atom. The number of unbranched alkanes of at least 4 members (excludes halogenated alkanes) is 9. The van der Waals surface area contributed by atoms with Crippen LogP contribution in [0.25, 0.3) is 22.3 Å². The molecule has 3 aromatic rings. The molecule has 5 nitrogen and oxygen atoms in total. The summed E-state index contributed by atoms with van der Waals surface area (Å²) in [6.07, 6.45) is 12.4. The van der Waals surface area contributed by atoms with E-state index in [-0.39, 0.29) is 36.4 Å². The summed E-state index contributed by atoms with van der Waals surface area (Å²) in [6, 6.07) is 11.3. The Morgan fingerprint density at radius 1 is 0.638 bits per heavy atom. The van der Waals surface area contributed by atoms with Crippen LogP contribution >= 0.6 is 0 Å². The molecule has 0 aliphatic carbocycles. The quantitative estimate of drug-likeness (QED) is 0.0589. The average Bonchev–Trinajstić information content (AvgIpc) is 3.08. The van der Waals surface area contributed by atoms with E-state index in [1.807, 2.05) is 0 Å². The van der Waals surface area contributed by atoms with Crippen molar-refractivity contribution in [1.29, 1.82) is 0 Å². The molecule has 0 unspecified atom stereocenters. The number of carbonyl (C=O) groups excluding carboxylic acids is 1. The molecule has 256 valence electrons. The SMILES string of the molecule is CCCCCCCCCCOc1ccc(-c2ccc(-c3ccc(OC(=O)C4COC(CCCCC)OC4)c(F)c3F)cc2)c(F)c1F. The second-order valence-corrected chi connectivity index (χ2v) is 12.1. The number of rotatable bonds is 18. The standard InChI is InChI=1S/C38H46F4O5/c1-3-5-7-8-9-10-11-13-23-44-31-21-19-29(34(39)36(31)41)26-15-17-27(18-16-26)30-20-22-32(37(42)35(30)40)47-38(43)28-24-45-33(46-25-28)14-12-6-4-2/h15-22,28,33H,3-14,23-25H2,1-2H3. The van der Waals surface area contributed by atoms with E-state index in [2.05, 4.69) is 13.8 Å². The van der Waals surface area contributed by atoms with Gasteiger partial charge in [-0.1, -0.05) is 95.9 Å². The van der Waals surface area contributed by atoms with E-state index in [9.17, 15) is 13.6 Å². The van der Waals surface area contributed by atoms with E-state index in [0.717, 1.165) is 44.9 Å². The van der Waals surface area contributed by atoms with E-state index in [4.69, 9.17) is 18.9 Å². The molecule has 0 bridgehead atoms. The minimum Gasteiger partial charge on any atom is -0.490 e. The summed E-state index contributed by atoms with van der Waals surface area (Å²) in [5.41, 5.74) is 0.600. The molecule has 9 heteroatoms. The second-order valence-electron chi connectivity index (χ2n) is 12.1. The third-order valence-electron chi connectivity index (χ3n) is 8.41. The Hall–Kier alpha value is -3.43. The summed E-state index contributed by atoms with van der Waals surface area (Å²) < 4.78 is 81.8. The fourth-order valence-corrected chi connectivity index (χ4v) is 5.55. The topological polar surface area (TPSA) is 54.0 Å². The predicted molar refractivity (Wildman–Crippen MR) is 174 cm³/mol. The average molecular weight is 659 g/mol. The van der Waals surface area contributed by atoms with Gasteiger partial charge in [0.15, 0.2) is 29.4 Å². The highest BCUT2D eigenvalue weighted by Gasteiger charge is 2.30. The van der Waals surface area contributed by atoms with Crippen LogP contribution < -0.4 is 9.47 Å². The first-order valence-corrected chi connectivity index (χ1v) is 17.0. The molecule has 0 aromatic heterocycles. The highest BCUT2D eigenvalue weighted by molar-refractivity contribution is 5.76. The van der Waals surface area contributed by atoms with Crippen molar-refractivity contribution in [3.8, 4) is 33.8 Å². The van der Waals surface area contributed by atoms with Crippen molar-refractivity contribution in [2.45, 2.75) is 97.2 Å². The molecule has 0 N–H and O–H groups in total. The number of hydrogen-bond donors (Lipinski definition) is 0. The molecule has 3 aromatic carbocycles. The van der Waals surface area contributed by atoms with E-state index in [1.165, 1.54) is 80.6 Å². The van der Waals surface area contributed by atoms with Gasteiger partial charge in [-0.2, -0.15) is 8.78 Å². The van der Waals surface area contributed by atoms with Gasteiger partial charge in [-0.05, 0) is 54.7 Å². The lowest BCUT2D eigenvalue weighted by Gasteiger charge is -2.28. The first-order chi connectivity index (χ1) is 22.8. The van der Waals surface area contributed by atoms with E-state index in [1.54, 1.807) is 0 Å². The van der Waals surface area contributed by atoms with Gasteiger partial charge in [0.05, 0.1) is 19.8 Å². The summed E-state index contributed by atoms with van der Waals surface area (Å²) >= 11 is 0. The molecule has 0 radical (unpaired) electrons. The third-order valence-corrected chi connectivity index (χ3v) is 8.41. The molecule has 4 rings (SSSR count). The van der Waals surface area contributed by atoms with Crippen LogP contribution in [0, 0.1) is 29.2 Å². The minimum atomic E-state index is -1.31. The van der Waals surface area contributed by atoms with Crippen LogP contribution in [0.1, 0.15) is 90.9 Å². The zero-order valence-corrected chi connectivity index (χ0v) is 27.4. The van der Waals surface area contributed by atoms with Gasteiger partial charge in [-0.25, -0.2) is 8.78 Å². The number of carbonyl (C=O) groups is 1. The predicted octanol–water partition coefficient (Wildman–Crippen LogP) is 10.6. The number of ether oxygens (including phenoxy) is 4. The highest BCUT2D eigenvalue weighted by atomic mass is 19.2. The highest BCUT2D eigenvalue weighted by Crippen LogP contribution is 2.34. The first-order valence-electron chi connectivity index (χ1n) is 17.0. The molecule has 0 saturated carbocycles. The summed E-state index contributed by atoms with van der Waals surface area (Å²) in [4.78, 5) is 12.6. The van der Waals surface area contributed by atoms with Crippen molar-refractivity contribution < 1.29 is 41.3 Å². The molecular formula is C38H46F4O5. The number of hydrogen-bond acceptors (Lipinski definition) is 5. The van der Waals surface area contributed by atoms with Crippen LogP contribution in [-0.4, -0.2) is 32.1 Å². The van der Waals surface area contributed by atoms with Crippen LogP contribution in [-0.2, 0) is 14.3 Å². The maximum Gasteiger partial charge on any atom is 0.319 e. The largest absolute Gasteiger partial charge is 0.490 e. The molecule has 47 heavy (non-hydrogen) atoms. The molecule has 1 heterocycles.